The van der Waals surface area contributed by atoms with E-state index in [2.05, 4.69) is 9.97 Å². The second-order valence-electron chi connectivity index (χ2n) is 6.44. The van der Waals surface area contributed by atoms with Gasteiger partial charge < -0.3 is 14.5 Å². The first-order valence-electron chi connectivity index (χ1n) is 9.18. The Kier molecular flexibility index (Phi) is 6.01. The summed E-state index contributed by atoms with van der Waals surface area (Å²) in [5.74, 6) is 0.634. The van der Waals surface area contributed by atoms with Crippen molar-refractivity contribution in [1.29, 1.82) is 0 Å². The van der Waals surface area contributed by atoms with Gasteiger partial charge in [0.25, 0.3) is 11.8 Å². The van der Waals surface area contributed by atoms with Crippen LogP contribution in [0.1, 0.15) is 39.8 Å². The molecule has 0 aliphatic carbocycles. The number of hydrogen-bond donors (Lipinski definition) is 0. The average molecular weight is 368 g/mol. The fourth-order valence-corrected chi connectivity index (χ4v) is 3.18. The Balaban J connectivity index is 1.66. The highest BCUT2D eigenvalue weighted by Crippen LogP contribution is 2.20. The van der Waals surface area contributed by atoms with E-state index in [-0.39, 0.29) is 11.8 Å². The van der Waals surface area contributed by atoms with Crippen LogP contribution in [0.3, 0.4) is 0 Å². The first-order chi connectivity index (χ1) is 13.1. The quantitative estimate of drug-likeness (QED) is 0.827. The maximum Gasteiger partial charge on any atom is 0.274 e. The van der Waals surface area contributed by atoms with Gasteiger partial charge >= 0.3 is 0 Å². The Morgan fingerprint density at radius 3 is 2.44 bits per heavy atom. The smallest absolute Gasteiger partial charge is 0.274 e. The second-order valence-corrected chi connectivity index (χ2v) is 6.44. The summed E-state index contributed by atoms with van der Waals surface area (Å²) in [6, 6.07) is 5.50. The molecule has 0 N–H and O–H groups in total. The van der Waals surface area contributed by atoms with Gasteiger partial charge in [0.2, 0.25) is 0 Å². The molecular formula is C20H24N4O3. The zero-order valence-electron chi connectivity index (χ0n) is 15.7. The summed E-state index contributed by atoms with van der Waals surface area (Å²) in [6.07, 6.45) is 5.25. The molecule has 142 valence electrons. The van der Waals surface area contributed by atoms with Crippen molar-refractivity contribution < 1.29 is 14.3 Å². The minimum Gasteiger partial charge on any atom is -0.494 e. The van der Waals surface area contributed by atoms with Crippen LogP contribution in [0.4, 0.5) is 0 Å². The molecule has 7 heteroatoms. The van der Waals surface area contributed by atoms with Crippen LogP contribution in [-0.4, -0.2) is 64.4 Å². The molecule has 1 aromatic carbocycles. The van der Waals surface area contributed by atoms with Gasteiger partial charge in [0.05, 0.1) is 12.8 Å². The van der Waals surface area contributed by atoms with E-state index >= 15 is 0 Å². The minimum atomic E-state index is -0.144. The van der Waals surface area contributed by atoms with Crippen LogP contribution in [0.25, 0.3) is 0 Å². The van der Waals surface area contributed by atoms with E-state index in [1.807, 2.05) is 26.0 Å². The Bertz CT molecular complexity index is 810. The molecule has 27 heavy (non-hydrogen) atoms. The Morgan fingerprint density at radius 1 is 1.07 bits per heavy atom. The minimum absolute atomic E-state index is 0.0186. The second kappa shape index (κ2) is 8.62. The number of ether oxygens (including phenoxy) is 1. The van der Waals surface area contributed by atoms with E-state index in [9.17, 15) is 9.59 Å². The van der Waals surface area contributed by atoms with Gasteiger partial charge in [-0.25, -0.2) is 4.98 Å². The largest absolute Gasteiger partial charge is 0.494 e. The summed E-state index contributed by atoms with van der Waals surface area (Å²) in [4.78, 5) is 37.0. The summed E-state index contributed by atoms with van der Waals surface area (Å²) in [7, 11) is 0. The molecule has 0 atom stereocenters. The fraction of sp³-hybridized carbons (Fsp3) is 0.400. The lowest BCUT2D eigenvalue weighted by Gasteiger charge is -2.22. The summed E-state index contributed by atoms with van der Waals surface area (Å²) in [5.41, 5.74) is 1.92. The van der Waals surface area contributed by atoms with Crippen LogP contribution < -0.4 is 4.74 Å². The first kappa shape index (κ1) is 18.8. The lowest BCUT2D eigenvalue weighted by atomic mass is 10.1. The fourth-order valence-electron chi connectivity index (χ4n) is 3.18. The molecule has 0 bridgehead atoms. The standard InChI is InChI=1S/C20H24N4O3/c1-3-27-18-6-5-16(13-15(18)2)19(25)23-9-4-10-24(12-11-23)20(26)17-14-21-7-8-22-17/h5-8,13-14H,3-4,9-12H2,1-2H3. The third-order valence-electron chi connectivity index (χ3n) is 4.57. The maximum absolute atomic E-state index is 12.9. The summed E-state index contributed by atoms with van der Waals surface area (Å²) in [6.45, 7) is 6.66. The summed E-state index contributed by atoms with van der Waals surface area (Å²) in [5, 5.41) is 0. The van der Waals surface area contributed by atoms with E-state index in [0.717, 1.165) is 17.7 Å². The Morgan fingerprint density at radius 2 is 1.81 bits per heavy atom. The predicted molar refractivity (Wildman–Crippen MR) is 101 cm³/mol. The lowest BCUT2D eigenvalue weighted by molar-refractivity contribution is 0.0715. The molecule has 1 aromatic heterocycles. The van der Waals surface area contributed by atoms with Crippen LogP contribution in [-0.2, 0) is 0 Å². The van der Waals surface area contributed by atoms with Crippen molar-refractivity contribution in [2.45, 2.75) is 20.3 Å². The molecular weight excluding hydrogens is 344 g/mol. The van der Waals surface area contributed by atoms with E-state index < -0.39 is 0 Å². The zero-order chi connectivity index (χ0) is 19.2. The number of aromatic nitrogens is 2. The summed E-state index contributed by atoms with van der Waals surface area (Å²) >= 11 is 0. The monoisotopic (exact) mass is 368 g/mol. The van der Waals surface area contributed by atoms with Gasteiger partial charge in [-0.05, 0) is 44.0 Å². The number of benzene rings is 1. The van der Waals surface area contributed by atoms with E-state index in [0.29, 0.717) is 44.0 Å². The van der Waals surface area contributed by atoms with E-state index in [1.165, 1.54) is 12.4 Å². The molecule has 0 unspecified atom stereocenters. The Hall–Kier alpha value is -2.96. The highest BCUT2D eigenvalue weighted by molar-refractivity contribution is 5.95. The summed E-state index contributed by atoms with van der Waals surface area (Å²) < 4.78 is 5.54. The SMILES string of the molecule is CCOc1ccc(C(=O)N2CCCN(C(=O)c3cnccn3)CC2)cc1C. The number of nitrogens with zero attached hydrogens (tertiary/aromatic N) is 4. The van der Waals surface area contributed by atoms with Crippen molar-refractivity contribution in [3.05, 3.63) is 53.6 Å². The van der Waals surface area contributed by atoms with Crippen molar-refractivity contribution in [1.82, 2.24) is 19.8 Å². The number of rotatable bonds is 4. The lowest BCUT2D eigenvalue weighted by Crippen LogP contribution is -2.37. The van der Waals surface area contributed by atoms with Crippen LogP contribution in [0, 0.1) is 6.92 Å². The van der Waals surface area contributed by atoms with Gasteiger partial charge in [-0.15, -0.1) is 0 Å². The molecule has 7 nitrogen and oxygen atoms in total. The van der Waals surface area contributed by atoms with Gasteiger partial charge in [0.15, 0.2) is 0 Å². The topological polar surface area (TPSA) is 75.6 Å². The van der Waals surface area contributed by atoms with E-state index in [4.69, 9.17) is 4.74 Å². The number of carbonyl (C=O) groups excluding carboxylic acids is 2. The third kappa shape index (κ3) is 4.42. The molecule has 2 amide bonds. The number of amides is 2. The highest BCUT2D eigenvalue weighted by atomic mass is 16.5. The van der Waals surface area contributed by atoms with Crippen LogP contribution in [0.2, 0.25) is 0 Å². The third-order valence-corrected chi connectivity index (χ3v) is 4.57. The molecule has 2 heterocycles. The van der Waals surface area contributed by atoms with Crippen molar-refractivity contribution in [3.8, 4) is 5.75 Å². The normalized spacial score (nSPS) is 14.6. The van der Waals surface area contributed by atoms with E-state index in [1.54, 1.807) is 22.1 Å². The first-order valence-corrected chi connectivity index (χ1v) is 9.18. The number of hydrogen-bond acceptors (Lipinski definition) is 5. The number of aryl methyl sites for hydroxylation is 1. The van der Waals surface area contributed by atoms with Gasteiger partial charge in [-0.2, -0.15) is 0 Å². The zero-order valence-corrected chi connectivity index (χ0v) is 15.7. The van der Waals surface area contributed by atoms with Gasteiger partial charge in [-0.3, -0.25) is 14.6 Å². The van der Waals surface area contributed by atoms with Crippen molar-refractivity contribution >= 4 is 11.8 Å². The van der Waals surface area contributed by atoms with Crippen LogP contribution in [0.5, 0.6) is 5.75 Å². The van der Waals surface area contributed by atoms with Crippen molar-refractivity contribution in [3.63, 3.8) is 0 Å². The molecule has 3 rings (SSSR count). The molecule has 2 aromatic rings. The van der Waals surface area contributed by atoms with Crippen LogP contribution >= 0.6 is 0 Å². The van der Waals surface area contributed by atoms with Crippen LogP contribution in [0.15, 0.2) is 36.8 Å². The molecule has 1 fully saturated rings. The molecule has 0 spiro atoms. The van der Waals surface area contributed by atoms with Gasteiger partial charge in [0.1, 0.15) is 11.4 Å². The molecule has 1 aliphatic rings. The molecule has 0 saturated carbocycles. The van der Waals surface area contributed by atoms with Crippen molar-refractivity contribution in [2.24, 2.45) is 0 Å². The molecule has 0 radical (unpaired) electrons. The highest BCUT2D eigenvalue weighted by Gasteiger charge is 2.24. The Labute approximate surface area is 159 Å². The average Bonchev–Trinajstić information content (AvgIpc) is 2.95. The maximum atomic E-state index is 12.9. The molecule has 1 aliphatic heterocycles. The van der Waals surface area contributed by atoms with Crippen molar-refractivity contribution in [2.75, 3.05) is 32.8 Å². The predicted octanol–water partition coefficient (Wildman–Crippen LogP) is 2.17. The molecule has 1 saturated heterocycles. The number of carbonyl (C=O) groups is 2. The van der Waals surface area contributed by atoms with Gasteiger partial charge in [0, 0.05) is 44.1 Å². The van der Waals surface area contributed by atoms with Gasteiger partial charge in [-0.1, -0.05) is 0 Å².